The van der Waals surface area contributed by atoms with E-state index in [-0.39, 0.29) is 24.8 Å². The van der Waals surface area contributed by atoms with E-state index in [4.69, 9.17) is 4.74 Å². The molecule has 25 heavy (non-hydrogen) atoms. The fourth-order valence-corrected chi connectivity index (χ4v) is 2.26. The van der Waals surface area contributed by atoms with Crippen LogP contribution in [-0.2, 0) is 11.2 Å². The van der Waals surface area contributed by atoms with E-state index in [0.29, 0.717) is 12.8 Å². The number of amides is 1. The third-order valence-corrected chi connectivity index (χ3v) is 3.59. The Hall–Kier alpha value is -2.47. The minimum Gasteiger partial charge on any atom is -0.491 e. The standard InChI is InChI=1S/C19H21F2NO3/c1-13-3-2-4-14(9-13)5-8-19(24)22-11-15(23)12-25-16-6-7-17(20)18(21)10-16/h2-4,6-7,9-10,15,23H,5,8,11-12H2,1H3,(H,22,24). The van der Waals surface area contributed by atoms with Gasteiger partial charge in [0.2, 0.25) is 5.91 Å². The predicted molar refractivity (Wildman–Crippen MR) is 90.4 cm³/mol. The minimum absolute atomic E-state index is 0.0241. The molecule has 2 rings (SSSR count). The van der Waals surface area contributed by atoms with Crippen LogP contribution in [0.2, 0.25) is 0 Å². The fraction of sp³-hybridized carbons (Fsp3) is 0.316. The molecule has 1 amide bonds. The maximum absolute atomic E-state index is 13.0. The van der Waals surface area contributed by atoms with Gasteiger partial charge >= 0.3 is 0 Å². The van der Waals surface area contributed by atoms with Gasteiger partial charge in [-0.2, -0.15) is 0 Å². The summed E-state index contributed by atoms with van der Waals surface area (Å²) in [6.45, 7) is 1.88. The number of carbonyl (C=O) groups is 1. The first kappa shape index (κ1) is 18.9. The van der Waals surface area contributed by atoms with Crippen LogP contribution in [0.15, 0.2) is 42.5 Å². The number of nitrogens with one attached hydrogen (secondary N) is 1. The molecule has 2 aromatic carbocycles. The molecule has 1 atom stereocenters. The molecule has 1 unspecified atom stereocenters. The second-order valence-electron chi connectivity index (χ2n) is 5.83. The van der Waals surface area contributed by atoms with Crippen molar-refractivity contribution in [2.24, 2.45) is 0 Å². The lowest BCUT2D eigenvalue weighted by Gasteiger charge is -2.13. The van der Waals surface area contributed by atoms with E-state index in [1.54, 1.807) is 0 Å². The Morgan fingerprint density at radius 2 is 2.00 bits per heavy atom. The quantitative estimate of drug-likeness (QED) is 0.770. The molecule has 0 aliphatic heterocycles. The summed E-state index contributed by atoms with van der Waals surface area (Å²) in [5, 5.41) is 12.4. The maximum atomic E-state index is 13.0. The molecule has 0 spiro atoms. The van der Waals surface area contributed by atoms with Crippen molar-refractivity contribution in [3.63, 3.8) is 0 Å². The van der Waals surface area contributed by atoms with Gasteiger partial charge < -0.3 is 15.2 Å². The zero-order chi connectivity index (χ0) is 18.2. The molecule has 0 heterocycles. The number of hydrogen-bond donors (Lipinski definition) is 2. The van der Waals surface area contributed by atoms with Crippen LogP contribution in [0.5, 0.6) is 5.75 Å². The minimum atomic E-state index is -1.02. The van der Waals surface area contributed by atoms with Crippen molar-refractivity contribution in [1.82, 2.24) is 5.32 Å². The first-order valence-corrected chi connectivity index (χ1v) is 8.02. The highest BCUT2D eigenvalue weighted by Gasteiger charge is 2.10. The van der Waals surface area contributed by atoms with E-state index in [9.17, 15) is 18.7 Å². The maximum Gasteiger partial charge on any atom is 0.220 e. The van der Waals surface area contributed by atoms with E-state index in [1.165, 1.54) is 6.07 Å². The van der Waals surface area contributed by atoms with Gasteiger partial charge in [-0.25, -0.2) is 8.78 Å². The van der Waals surface area contributed by atoms with Crippen molar-refractivity contribution >= 4 is 5.91 Å². The van der Waals surface area contributed by atoms with Crippen molar-refractivity contribution in [3.8, 4) is 5.75 Å². The highest BCUT2D eigenvalue weighted by molar-refractivity contribution is 5.76. The third-order valence-electron chi connectivity index (χ3n) is 3.59. The van der Waals surface area contributed by atoms with E-state index in [1.807, 2.05) is 31.2 Å². The van der Waals surface area contributed by atoms with Crippen LogP contribution >= 0.6 is 0 Å². The fourth-order valence-electron chi connectivity index (χ4n) is 2.26. The van der Waals surface area contributed by atoms with Gasteiger partial charge in [0, 0.05) is 19.0 Å². The summed E-state index contributed by atoms with van der Waals surface area (Å²) in [6.07, 6.45) is -0.00847. The van der Waals surface area contributed by atoms with E-state index >= 15 is 0 Å². The normalized spacial score (nSPS) is 11.8. The average molecular weight is 349 g/mol. The number of ether oxygens (including phenoxy) is 1. The van der Waals surface area contributed by atoms with Crippen LogP contribution in [0, 0.1) is 18.6 Å². The van der Waals surface area contributed by atoms with Crippen LogP contribution in [0.25, 0.3) is 0 Å². The van der Waals surface area contributed by atoms with Crippen LogP contribution in [-0.4, -0.2) is 30.3 Å². The van der Waals surface area contributed by atoms with Crippen LogP contribution < -0.4 is 10.1 Å². The molecule has 0 aliphatic carbocycles. The van der Waals surface area contributed by atoms with E-state index in [0.717, 1.165) is 23.3 Å². The molecule has 0 saturated heterocycles. The van der Waals surface area contributed by atoms with Gasteiger partial charge in [0.05, 0.1) is 0 Å². The molecule has 0 fully saturated rings. The first-order valence-electron chi connectivity index (χ1n) is 8.02. The zero-order valence-corrected chi connectivity index (χ0v) is 14.0. The Morgan fingerprint density at radius 1 is 1.20 bits per heavy atom. The van der Waals surface area contributed by atoms with E-state index < -0.39 is 17.7 Å². The van der Waals surface area contributed by atoms with Gasteiger partial charge in [0.25, 0.3) is 0 Å². The molecule has 2 N–H and O–H groups in total. The lowest BCUT2D eigenvalue weighted by Crippen LogP contribution is -2.35. The number of aliphatic hydroxyl groups excluding tert-OH is 1. The molecule has 0 aromatic heterocycles. The summed E-state index contributed by atoms with van der Waals surface area (Å²) in [5.74, 6) is -2.04. The van der Waals surface area contributed by atoms with Crippen LogP contribution in [0.3, 0.4) is 0 Å². The summed E-state index contributed by atoms with van der Waals surface area (Å²) in [6, 6.07) is 11.1. The number of aryl methyl sites for hydroxylation is 2. The summed E-state index contributed by atoms with van der Waals surface area (Å²) < 4.78 is 31.0. The number of rotatable bonds is 8. The number of hydrogen-bond acceptors (Lipinski definition) is 3. The van der Waals surface area contributed by atoms with Crippen molar-refractivity contribution in [2.45, 2.75) is 25.9 Å². The second kappa shape index (κ2) is 9.13. The van der Waals surface area contributed by atoms with Gasteiger partial charge in [0.15, 0.2) is 11.6 Å². The Labute approximate surface area is 145 Å². The molecular formula is C19H21F2NO3. The lowest BCUT2D eigenvalue weighted by atomic mass is 10.1. The summed E-state index contributed by atoms with van der Waals surface area (Å²) >= 11 is 0. The zero-order valence-electron chi connectivity index (χ0n) is 14.0. The van der Waals surface area contributed by atoms with Crippen molar-refractivity contribution in [2.75, 3.05) is 13.2 Å². The molecule has 0 saturated carbocycles. The average Bonchev–Trinajstić information content (AvgIpc) is 2.59. The molecule has 0 radical (unpaired) electrons. The number of benzene rings is 2. The molecule has 134 valence electrons. The first-order chi connectivity index (χ1) is 11.9. The van der Waals surface area contributed by atoms with Gasteiger partial charge in [0.1, 0.15) is 18.5 Å². The van der Waals surface area contributed by atoms with Gasteiger partial charge in [-0.15, -0.1) is 0 Å². The summed E-state index contributed by atoms with van der Waals surface area (Å²) in [5.41, 5.74) is 2.22. The Bertz CT molecular complexity index is 722. The van der Waals surface area contributed by atoms with Gasteiger partial charge in [-0.05, 0) is 31.0 Å². The smallest absolute Gasteiger partial charge is 0.220 e. The molecule has 6 heteroatoms. The van der Waals surface area contributed by atoms with Crippen LogP contribution in [0.4, 0.5) is 8.78 Å². The van der Waals surface area contributed by atoms with Gasteiger partial charge in [-0.3, -0.25) is 4.79 Å². The van der Waals surface area contributed by atoms with Crippen molar-refractivity contribution in [3.05, 3.63) is 65.2 Å². The Morgan fingerprint density at radius 3 is 2.72 bits per heavy atom. The van der Waals surface area contributed by atoms with Crippen LogP contribution in [0.1, 0.15) is 17.5 Å². The Kier molecular flexibility index (Phi) is 6.89. The summed E-state index contributed by atoms with van der Waals surface area (Å²) in [7, 11) is 0. The Balaban J connectivity index is 1.67. The highest BCUT2D eigenvalue weighted by Crippen LogP contribution is 2.15. The van der Waals surface area contributed by atoms with Gasteiger partial charge in [-0.1, -0.05) is 29.8 Å². The largest absolute Gasteiger partial charge is 0.491 e. The number of halogens is 2. The molecule has 0 aliphatic rings. The second-order valence-corrected chi connectivity index (χ2v) is 5.83. The van der Waals surface area contributed by atoms with Crippen molar-refractivity contribution < 1.29 is 23.4 Å². The predicted octanol–water partition coefficient (Wildman–Crippen LogP) is 2.76. The molecule has 4 nitrogen and oxygen atoms in total. The third kappa shape index (κ3) is 6.51. The molecular weight excluding hydrogens is 328 g/mol. The highest BCUT2D eigenvalue weighted by atomic mass is 19.2. The topological polar surface area (TPSA) is 58.6 Å². The molecule has 2 aromatic rings. The molecule has 0 bridgehead atoms. The van der Waals surface area contributed by atoms with E-state index in [2.05, 4.69) is 5.32 Å². The monoisotopic (exact) mass is 349 g/mol. The lowest BCUT2D eigenvalue weighted by molar-refractivity contribution is -0.121. The number of aliphatic hydroxyl groups is 1. The SMILES string of the molecule is Cc1cccc(CCC(=O)NCC(O)COc2ccc(F)c(F)c2)c1. The van der Waals surface area contributed by atoms with Crippen molar-refractivity contribution in [1.29, 1.82) is 0 Å². The number of carbonyl (C=O) groups excluding carboxylic acids is 1. The summed E-state index contributed by atoms with van der Waals surface area (Å²) in [4.78, 5) is 11.8.